The van der Waals surface area contributed by atoms with Crippen LogP contribution in [-0.2, 0) is 0 Å². The van der Waals surface area contributed by atoms with Gasteiger partial charge in [0, 0.05) is 5.69 Å². The minimum absolute atomic E-state index is 0.237. The van der Waals surface area contributed by atoms with E-state index in [1.54, 1.807) is 24.4 Å². The Morgan fingerprint density at radius 2 is 2.50 bits per heavy atom. The second-order valence-electron chi connectivity index (χ2n) is 2.71. The molecule has 0 spiro atoms. The molecule has 16 heavy (non-hydrogen) atoms. The summed E-state index contributed by atoms with van der Waals surface area (Å²) in [5, 5.41) is 19.9. The lowest BCUT2D eigenvalue weighted by molar-refractivity contribution is 0.0697. The Labute approximate surface area is 96.8 Å². The molecule has 2 N–H and O–H groups in total. The normalized spacial score (nSPS) is 9.94. The van der Waals surface area contributed by atoms with E-state index < -0.39 is 5.97 Å². The van der Waals surface area contributed by atoms with Crippen molar-refractivity contribution in [3.63, 3.8) is 0 Å². The number of thioether (sulfide) groups is 1. The minimum atomic E-state index is -0.956. The highest BCUT2D eigenvalue weighted by Crippen LogP contribution is 2.11. The van der Waals surface area contributed by atoms with Crippen molar-refractivity contribution in [2.75, 3.05) is 11.2 Å². The molecule has 0 aromatic heterocycles. The quantitative estimate of drug-likeness (QED) is 0.268. The molecule has 1 rings (SSSR count). The molecule has 6 heteroatoms. The standard InChI is InChI=1S/C10H9N3O2S/c11-5-12-6-16-7-13-9-3-1-2-8(4-9)10(14)15/h1-4,6,13H,7H2,(H,14,15). The van der Waals surface area contributed by atoms with Crippen molar-refractivity contribution in [3.8, 4) is 6.19 Å². The van der Waals surface area contributed by atoms with Crippen molar-refractivity contribution in [2.24, 2.45) is 4.99 Å². The zero-order valence-electron chi connectivity index (χ0n) is 8.25. The number of nitrogens with one attached hydrogen (secondary N) is 1. The van der Waals surface area contributed by atoms with Gasteiger partial charge in [-0.3, -0.25) is 0 Å². The molecule has 1 aromatic rings. The molecule has 0 aliphatic carbocycles. The topological polar surface area (TPSA) is 85.5 Å². The molecule has 0 heterocycles. The maximum atomic E-state index is 10.7. The number of nitrogens with zero attached hydrogens (tertiary/aromatic N) is 2. The van der Waals surface area contributed by atoms with Gasteiger partial charge in [-0.1, -0.05) is 17.8 Å². The van der Waals surface area contributed by atoms with Gasteiger partial charge in [-0.2, -0.15) is 10.3 Å². The molecule has 0 unspecified atom stereocenters. The summed E-state index contributed by atoms with van der Waals surface area (Å²) in [6, 6.07) is 6.51. The van der Waals surface area contributed by atoms with Crippen LogP contribution in [0.5, 0.6) is 0 Å². The van der Waals surface area contributed by atoms with E-state index in [9.17, 15) is 4.79 Å². The van der Waals surface area contributed by atoms with Gasteiger partial charge in [0.1, 0.15) is 0 Å². The van der Waals surface area contributed by atoms with Crippen molar-refractivity contribution >= 4 is 29.0 Å². The fraction of sp³-hybridized carbons (Fsp3) is 0.100. The average Bonchev–Trinajstić information content (AvgIpc) is 2.29. The molecule has 0 aliphatic rings. The molecular formula is C10H9N3O2S. The maximum Gasteiger partial charge on any atom is 0.335 e. The Hall–Kier alpha value is -2.00. The lowest BCUT2D eigenvalue weighted by Gasteiger charge is -2.04. The van der Waals surface area contributed by atoms with Crippen LogP contribution in [0.3, 0.4) is 0 Å². The first-order chi connectivity index (χ1) is 7.74. The van der Waals surface area contributed by atoms with Crippen LogP contribution >= 0.6 is 11.8 Å². The highest BCUT2D eigenvalue weighted by Gasteiger charge is 2.01. The number of carboxylic acid groups (broad SMARTS) is 1. The largest absolute Gasteiger partial charge is 0.478 e. The number of benzene rings is 1. The van der Waals surface area contributed by atoms with E-state index in [4.69, 9.17) is 10.4 Å². The average molecular weight is 235 g/mol. The summed E-state index contributed by atoms with van der Waals surface area (Å²) in [6.45, 7) is 0. The molecule has 0 atom stereocenters. The van der Waals surface area contributed by atoms with E-state index in [2.05, 4.69) is 10.3 Å². The number of hydrogen-bond donors (Lipinski definition) is 2. The third-order valence-electron chi connectivity index (χ3n) is 1.65. The van der Waals surface area contributed by atoms with Crippen LogP contribution in [0, 0.1) is 11.5 Å². The van der Waals surface area contributed by atoms with Gasteiger partial charge >= 0.3 is 5.97 Å². The van der Waals surface area contributed by atoms with Crippen molar-refractivity contribution in [3.05, 3.63) is 29.8 Å². The molecule has 0 saturated carbocycles. The van der Waals surface area contributed by atoms with Gasteiger partial charge in [0.25, 0.3) is 0 Å². The van der Waals surface area contributed by atoms with Gasteiger partial charge in [-0.15, -0.1) is 0 Å². The second kappa shape index (κ2) is 6.48. The fourth-order valence-corrected chi connectivity index (χ4v) is 1.43. The maximum absolute atomic E-state index is 10.7. The Balaban J connectivity index is 2.48. The fourth-order valence-electron chi connectivity index (χ4n) is 0.985. The van der Waals surface area contributed by atoms with Gasteiger partial charge in [-0.05, 0) is 18.2 Å². The number of nitriles is 1. The predicted octanol–water partition coefficient (Wildman–Crippen LogP) is 2.00. The number of anilines is 1. The number of hydrogen-bond acceptors (Lipinski definition) is 5. The van der Waals surface area contributed by atoms with Crippen molar-refractivity contribution in [1.82, 2.24) is 0 Å². The number of aliphatic imine (C=N–C) groups is 1. The molecule has 0 amide bonds. The van der Waals surface area contributed by atoms with Crippen molar-refractivity contribution in [2.45, 2.75) is 0 Å². The predicted molar refractivity (Wildman–Crippen MR) is 63.6 cm³/mol. The van der Waals surface area contributed by atoms with Gasteiger partial charge < -0.3 is 10.4 Å². The molecular weight excluding hydrogens is 226 g/mol. The smallest absolute Gasteiger partial charge is 0.335 e. The van der Waals surface area contributed by atoms with Gasteiger partial charge in [0.2, 0.25) is 6.19 Å². The van der Waals surface area contributed by atoms with E-state index in [0.29, 0.717) is 5.88 Å². The number of carbonyl (C=O) groups is 1. The molecule has 0 radical (unpaired) electrons. The number of aromatic carboxylic acids is 1. The highest BCUT2D eigenvalue weighted by atomic mass is 32.2. The van der Waals surface area contributed by atoms with Crippen LogP contribution < -0.4 is 5.32 Å². The zero-order valence-corrected chi connectivity index (χ0v) is 9.07. The molecule has 0 fully saturated rings. The van der Waals surface area contributed by atoms with Gasteiger partial charge in [0.05, 0.1) is 17.0 Å². The summed E-state index contributed by atoms with van der Waals surface area (Å²) in [5.74, 6) is -0.434. The number of rotatable bonds is 5. The van der Waals surface area contributed by atoms with Crippen LogP contribution in [-0.4, -0.2) is 22.5 Å². The summed E-state index contributed by atoms with van der Waals surface area (Å²) >= 11 is 1.31. The van der Waals surface area contributed by atoms with Crippen molar-refractivity contribution in [1.29, 1.82) is 5.26 Å². The Kier molecular flexibility index (Phi) is 4.89. The molecule has 0 bridgehead atoms. The summed E-state index contributed by atoms with van der Waals surface area (Å²) in [6.07, 6.45) is 1.63. The summed E-state index contributed by atoms with van der Waals surface area (Å²) in [5.41, 5.74) is 2.38. The summed E-state index contributed by atoms with van der Waals surface area (Å²) in [4.78, 5) is 14.0. The van der Waals surface area contributed by atoms with Crippen LogP contribution in [0.15, 0.2) is 29.3 Å². The van der Waals surface area contributed by atoms with Crippen LogP contribution in [0.4, 0.5) is 5.69 Å². The van der Waals surface area contributed by atoms with E-state index >= 15 is 0 Å². The minimum Gasteiger partial charge on any atom is -0.478 e. The van der Waals surface area contributed by atoms with Crippen LogP contribution in [0.25, 0.3) is 0 Å². The Morgan fingerprint density at radius 1 is 1.69 bits per heavy atom. The Bertz CT molecular complexity index is 440. The Morgan fingerprint density at radius 3 is 3.19 bits per heavy atom. The lowest BCUT2D eigenvalue weighted by atomic mass is 10.2. The van der Waals surface area contributed by atoms with Gasteiger partial charge in [0.15, 0.2) is 0 Å². The van der Waals surface area contributed by atoms with Crippen LogP contribution in [0.2, 0.25) is 0 Å². The van der Waals surface area contributed by atoms with E-state index in [0.717, 1.165) is 5.69 Å². The molecule has 0 saturated heterocycles. The first-order valence-corrected chi connectivity index (χ1v) is 5.38. The van der Waals surface area contributed by atoms with Crippen molar-refractivity contribution < 1.29 is 9.90 Å². The van der Waals surface area contributed by atoms with E-state index in [-0.39, 0.29) is 5.56 Å². The molecule has 1 aromatic carbocycles. The first kappa shape index (κ1) is 12.1. The van der Waals surface area contributed by atoms with E-state index in [1.165, 1.54) is 23.4 Å². The monoisotopic (exact) mass is 235 g/mol. The third kappa shape index (κ3) is 4.02. The molecule has 0 aliphatic heterocycles. The zero-order chi connectivity index (χ0) is 11.8. The van der Waals surface area contributed by atoms with Crippen LogP contribution in [0.1, 0.15) is 10.4 Å². The molecule has 82 valence electrons. The number of carboxylic acids is 1. The summed E-state index contributed by atoms with van der Waals surface area (Å²) < 4.78 is 0. The first-order valence-electron chi connectivity index (χ1n) is 4.33. The second-order valence-corrected chi connectivity index (χ2v) is 3.54. The summed E-state index contributed by atoms with van der Waals surface area (Å²) in [7, 11) is 0. The third-order valence-corrected chi connectivity index (χ3v) is 2.22. The molecule has 5 nitrogen and oxygen atoms in total. The lowest BCUT2D eigenvalue weighted by Crippen LogP contribution is -2.00. The van der Waals surface area contributed by atoms with Gasteiger partial charge in [-0.25, -0.2) is 4.79 Å². The van der Waals surface area contributed by atoms with E-state index in [1.807, 2.05) is 0 Å². The SMILES string of the molecule is N#CN=CSCNc1cccc(C(=O)O)c1. The highest BCUT2D eigenvalue weighted by molar-refractivity contribution is 8.12.